The minimum absolute atomic E-state index is 0.0270. The molecule has 0 saturated carbocycles. The number of hydrogen-bond acceptors (Lipinski definition) is 4. The molecule has 0 unspecified atom stereocenters. The van der Waals surface area contributed by atoms with Crippen LogP contribution in [-0.2, 0) is 9.53 Å². The number of hydrogen-bond donors (Lipinski definition) is 2. The molecule has 0 fully saturated rings. The summed E-state index contributed by atoms with van der Waals surface area (Å²) in [4.78, 5) is 35.6. The zero-order valence-corrected chi connectivity index (χ0v) is 14.5. The Hall–Kier alpha value is -3.22. The number of nitrogens with one attached hydrogen (secondary N) is 2. The van der Waals surface area contributed by atoms with Crippen molar-refractivity contribution < 1.29 is 23.5 Å². The fourth-order valence-corrected chi connectivity index (χ4v) is 2.13. The molecule has 0 aliphatic heterocycles. The van der Waals surface area contributed by atoms with Crippen molar-refractivity contribution >= 4 is 23.5 Å². The molecule has 0 spiro atoms. The molecule has 26 heavy (non-hydrogen) atoms. The number of aryl methyl sites for hydroxylation is 1. The van der Waals surface area contributed by atoms with Crippen LogP contribution < -0.4 is 10.6 Å². The summed E-state index contributed by atoms with van der Waals surface area (Å²) in [7, 11) is 0. The van der Waals surface area contributed by atoms with Crippen LogP contribution in [-0.4, -0.2) is 30.9 Å². The van der Waals surface area contributed by atoms with Crippen molar-refractivity contribution in [2.24, 2.45) is 0 Å². The van der Waals surface area contributed by atoms with Crippen molar-refractivity contribution in [2.45, 2.75) is 13.8 Å². The second-order valence-corrected chi connectivity index (χ2v) is 5.53. The zero-order chi connectivity index (χ0) is 19.1. The molecule has 2 rings (SSSR count). The van der Waals surface area contributed by atoms with E-state index in [0.717, 1.165) is 6.07 Å². The van der Waals surface area contributed by atoms with Crippen LogP contribution in [0.5, 0.6) is 0 Å². The van der Waals surface area contributed by atoms with Gasteiger partial charge in [0, 0.05) is 17.8 Å². The van der Waals surface area contributed by atoms with Crippen molar-refractivity contribution in [3.63, 3.8) is 0 Å². The standard InChI is InChI=1S/C19H19FN2O4/c1-3-21-18(24)13-5-4-6-15(9-13)22-17(23)11-26-19(25)14-8-7-12(2)16(20)10-14/h4-10H,3,11H2,1-2H3,(H,21,24)(H,22,23). The number of rotatable bonds is 6. The molecule has 0 atom stereocenters. The van der Waals surface area contributed by atoms with Crippen molar-refractivity contribution in [1.82, 2.24) is 5.32 Å². The van der Waals surface area contributed by atoms with Gasteiger partial charge in [-0.25, -0.2) is 9.18 Å². The van der Waals surface area contributed by atoms with Crippen molar-refractivity contribution in [2.75, 3.05) is 18.5 Å². The van der Waals surface area contributed by atoms with Gasteiger partial charge in [-0.3, -0.25) is 9.59 Å². The lowest BCUT2D eigenvalue weighted by Crippen LogP contribution is -2.23. The van der Waals surface area contributed by atoms with Crippen LogP contribution in [0.4, 0.5) is 10.1 Å². The van der Waals surface area contributed by atoms with Crippen molar-refractivity contribution in [3.8, 4) is 0 Å². The van der Waals surface area contributed by atoms with Crippen LogP contribution in [0.25, 0.3) is 0 Å². The van der Waals surface area contributed by atoms with Gasteiger partial charge in [0.05, 0.1) is 5.56 Å². The number of esters is 1. The summed E-state index contributed by atoms with van der Waals surface area (Å²) in [6, 6.07) is 10.3. The summed E-state index contributed by atoms with van der Waals surface area (Å²) in [5, 5.41) is 5.19. The largest absolute Gasteiger partial charge is 0.452 e. The summed E-state index contributed by atoms with van der Waals surface area (Å²) in [5.41, 5.74) is 1.23. The number of amides is 2. The average Bonchev–Trinajstić information content (AvgIpc) is 2.62. The number of ether oxygens (including phenoxy) is 1. The van der Waals surface area contributed by atoms with E-state index in [2.05, 4.69) is 10.6 Å². The van der Waals surface area contributed by atoms with Crippen LogP contribution in [0, 0.1) is 12.7 Å². The fraction of sp³-hybridized carbons (Fsp3) is 0.211. The minimum atomic E-state index is -0.796. The van der Waals surface area contributed by atoms with E-state index in [1.165, 1.54) is 18.2 Å². The van der Waals surface area contributed by atoms with Crippen LogP contribution in [0.2, 0.25) is 0 Å². The summed E-state index contributed by atoms with van der Waals surface area (Å²) < 4.78 is 18.3. The van der Waals surface area contributed by atoms with Gasteiger partial charge < -0.3 is 15.4 Å². The quantitative estimate of drug-likeness (QED) is 0.778. The first-order valence-corrected chi connectivity index (χ1v) is 8.02. The van der Waals surface area contributed by atoms with Crippen molar-refractivity contribution in [1.29, 1.82) is 0 Å². The average molecular weight is 358 g/mol. The van der Waals surface area contributed by atoms with Gasteiger partial charge in [-0.2, -0.15) is 0 Å². The maximum absolute atomic E-state index is 13.5. The SMILES string of the molecule is CCNC(=O)c1cccc(NC(=O)COC(=O)c2ccc(C)c(F)c2)c1. The topological polar surface area (TPSA) is 84.5 Å². The van der Waals surface area contributed by atoms with E-state index in [1.807, 2.05) is 0 Å². The Balaban J connectivity index is 1.92. The van der Waals surface area contributed by atoms with E-state index < -0.39 is 24.3 Å². The first-order chi connectivity index (χ1) is 12.4. The molecule has 0 aliphatic carbocycles. The molecule has 0 aliphatic rings. The molecule has 0 heterocycles. The molecule has 2 aromatic rings. The van der Waals surface area contributed by atoms with Gasteiger partial charge in [0.1, 0.15) is 5.82 Å². The number of anilines is 1. The van der Waals surface area contributed by atoms with E-state index in [0.29, 0.717) is 23.4 Å². The number of benzene rings is 2. The van der Waals surface area contributed by atoms with Gasteiger partial charge in [0.2, 0.25) is 0 Å². The molecule has 6 nitrogen and oxygen atoms in total. The molecule has 7 heteroatoms. The number of carbonyl (C=O) groups excluding carboxylic acids is 3. The van der Waals surface area contributed by atoms with Crippen LogP contribution in [0.3, 0.4) is 0 Å². The van der Waals surface area contributed by atoms with Gasteiger partial charge in [0.15, 0.2) is 6.61 Å². The molecule has 0 bridgehead atoms. The van der Waals surface area contributed by atoms with E-state index >= 15 is 0 Å². The molecular formula is C19H19FN2O4. The Morgan fingerprint density at radius 1 is 1.08 bits per heavy atom. The molecule has 0 saturated heterocycles. The maximum atomic E-state index is 13.5. The maximum Gasteiger partial charge on any atom is 0.338 e. The smallest absolute Gasteiger partial charge is 0.338 e. The monoisotopic (exact) mass is 358 g/mol. The Morgan fingerprint density at radius 3 is 2.54 bits per heavy atom. The van der Waals surface area contributed by atoms with E-state index in [1.54, 1.807) is 32.0 Å². The molecule has 2 amide bonds. The molecule has 0 radical (unpaired) electrons. The van der Waals surface area contributed by atoms with Gasteiger partial charge in [-0.15, -0.1) is 0 Å². The first-order valence-electron chi connectivity index (χ1n) is 8.02. The summed E-state index contributed by atoms with van der Waals surface area (Å²) in [5.74, 6) is -2.14. The predicted octanol–water partition coefficient (Wildman–Crippen LogP) is 2.68. The van der Waals surface area contributed by atoms with E-state index in [-0.39, 0.29) is 11.5 Å². The zero-order valence-electron chi connectivity index (χ0n) is 14.5. The first kappa shape index (κ1) is 19.1. The fourth-order valence-electron chi connectivity index (χ4n) is 2.13. The van der Waals surface area contributed by atoms with E-state index in [4.69, 9.17) is 4.74 Å². The summed E-state index contributed by atoms with van der Waals surface area (Å²) in [6.07, 6.45) is 0. The third-order valence-electron chi connectivity index (χ3n) is 3.49. The second-order valence-electron chi connectivity index (χ2n) is 5.53. The van der Waals surface area contributed by atoms with Gasteiger partial charge in [-0.1, -0.05) is 12.1 Å². The molecule has 0 aromatic heterocycles. The van der Waals surface area contributed by atoms with Gasteiger partial charge in [0.25, 0.3) is 11.8 Å². The molecular weight excluding hydrogens is 339 g/mol. The van der Waals surface area contributed by atoms with Crippen LogP contribution >= 0.6 is 0 Å². The lowest BCUT2D eigenvalue weighted by atomic mass is 10.1. The van der Waals surface area contributed by atoms with Crippen molar-refractivity contribution in [3.05, 3.63) is 65.0 Å². The third kappa shape index (κ3) is 5.14. The third-order valence-corrected chi connectivity index (χ3v) is 3.49. The highest BCUT2D eigenvalue weighted by Gasteiger charge is 2.13. The molecule has 2 N–H and O–H groups in total. The summed E-state index contributed by atoms with van der Waals surface area (Å²) in [6.45, 7) is 3.34. The van der Waals surface area contributed by atoms with Crippen LogP contribution in [0.15, 0.2) is 42.5 Å². The Labute approximate surface area is 150 Å². The number of carbonyl (C=O) groups is 3. The number of halogens is 1. The lowest BCUT2D eigenvalue weighted by Gasteiger charge is -2.08. The minimum Gasteiger partial charge on any atom is -0.452 e. The normalized spacial score (nSPS) is 10.1. The highest BCUT2D eigenvalue weighted by atomic mass is 19.1. The second kappa shape index (κ2) is 8.75. The molecule has 2 aromatic carbocycles. The lowest BCUT2D eigenvalue weighted by molar-refractivity contribution is -0.119. The highest BCUT2D eigenvalue weighted by molar-refractivity contribution is 5.98. The summed E-state index contributed by atoms with van der Waals surface area (Å²) >= 11 is 0. The van der Waals surface area contributed by atoms with Gasteiger partial charge >= 0.3 is 5.97 Å². The Bertz CT molecular complexity index is 836. The molecule has 136 valence electrons. The van der Waals surface area contributed by atoms with Crippen LogP contribution in [0.1, 0.15) is 33.2 Å². The predicted molar refractivity (Wildman–Crippen MR) is 94.5 cm³/mol. The highest BCUT2D eigenvalue weighted by Crippen LogP contribution is 2.12. The Morgan fingerprint density at radius 2 is 1.85 bits per heavy atom. The Kier molecular flexibility index (Phi) is 6.43. The van der Waals surface area contributed by atoms with E-state index in [9.17, 15) is 18.8 Å². The van der Waals surface area contributed by atoms with Gasteiger partial charge in [-0.05, 0) is 49.7 Å².